The minimum Gasteiger partial charge on any atom is -0.390 e. The number of benzene rings is 2. The van der Waals surface area contributed by atoms with E-state index >= 15 is 0 Å². The molecule has 4 saturated heterocycles. The molecule has 6 aromatic rings. The summed E-state index contributed by atoms with van der Waals surface area (Å²) in [6, 6.07) is 11.3. The molecule has 4 aliphatic rings. The second-order valence-electron chi connectivity index (χ2n) is 20.1. The van der Waals surface area contributed by atoms with Crippen LogP contribution in [0.25, 0.3) is 11.3 Å². The lowest BCUT2D eigenvalue weighted by Crippen LogP contribution is -2.49. The number of fused-ring (bicyclic) bond motifs is 2. The van der Waals surface area contributed by atoms with Gasteiger partial charge in [-0.25, -0.2) is 35.8 Å². The summed E-state index contributed by atoms with van der Waals surface area (Å²) >= 11 is 12.6. The van der Waals surface area contributed by atoms with Gasteiger partial charge in [-0.1, -0.05) is 23.2 Å². The normalized spacial score (nSPS) is 22.7. The third-order valence-corrected chi connectivity index (χ3v) is 16.0. The summed E-state index contributed by atoms with van der Waals surface area (Å²) in [6.45, 7) is 6.69. The van der Waals surface area contributed by atoms with Crippen LogP contribution in [0.5, 0.6) is 0 Å². The molecule has 4 aromatic heterocycles. The van der Waals surface area contributed by atoms with E-state index in [4.69, 9.17) is 43.4 Å². The molecule has 75 heavy (non-hydrogen) atoms. The molecular formula is C49H60Cl2N14O8S2. The zero-order chi connectivity index (χ0) is 53.1. The molecule has 4 fully saturated rings. The highest BCUT2D eigenvalue weighted by Crippen LogP contribution is 2.37. The summed E-state index contributed by atoms with van der Waals surface area (Å²) in [7, 11) is -7.34. The first-order valence-electron chi connectivity index (χ1n) is 24.9. The molecule has 6 unspecified atom stereocenters. The van der Waals surface area contributed by atoms with E-state index < -0.39 is 32.3 Å². The van der Waals surface area contributed by atoms with Crippen molar-refractivity contribution in [3.63, 3.8) is 0 Å². The maximum Gasteiger partial charge on any atom is 0.256 e. The van der Waals surface area contributed by atoms with Crippen LogP contribution in [0.1, 0.15) is 93.8 Å². The number of carbonyl (C=O) groups is 2. The van der Waals surface area contributed by atoms with Crippen LogP contribution in [0.2, 0.25) is 10.0 Å². The first kappa shape index (κ1) is 52.6. The molecule has 2 aromatic carbocycles. The van der Waals surface area contributed by atoms with Gasteiger partial charge in [0.25, 0.3) is 11.8 Å². The summed E-state index contributed by atoms with van der Waals surface area (Å²) in [5.41, 5.74) is 4.77. The van der Waals surface area contributed by atoms with Gasteiger partial charge in [0.05, 0.1) is 82.8 Å². The fourth-order valence-corrected chi connectivity index (χ4v) is 12.4. The summed E-state index contributed by atoms with van der Waals surface area (Å²) in [5, 5.41) is 39.8. The number of rotatable bonds is 14. The molecule has 0 saturated carbocycles. The lowest BCUT2D eigenvalue weighted by molar-refractivity contribution is 0.0600. The van der Waals surface area contributed by atoms with Gasteiger partial charge in [0.2, 0.25) is 20.0 Å². The summed E-state index contributed by atoms with van der Waals surface area (Å²) in [6.07, 6.45) is 9.01. The molecule has 0 aliphatic carbocycles. The lowest BCUT2D eigenvalue weighted by Gasteiger charge is -2.35. The Morgan fingerprint density at radius 3 is 1.44 bits per heavy atom. The van der Waals surface area contributed by atoms with Crippen molar-refractivity contribution in [3.8, 4) is 0 Å². The van der Waals surface area contributed by atoms with Crippen LogP contribution in [0.3, 0.4) is 0 Å². The Morgan fingerprint density at radius 1 is 0.627 bits per heavy atom. The predicted octanol–water partition coefficient (Wildman–Crippen LogP) is 4.11. The number of hydrogen-bond acceptors (Lipinski definition) is 16. The molecule has 10 rings (SSSR count). The summed E-state index contributed by atoms with van der Waals surface area (Å²) in [5.74, 6) is 0.683. The molecule has 400 valence electrons. The van der Waals surface area contributed by atoms with E-state index in [1.165, 1.54) is 36.4 Å². The molecule has 26 heteroatoms. The van der Waals surface area contributed by atoms with Gasteiger partial charge in [0.1, 0.15) is 11.6 Å². The fraction of sp³-hybridized carbons (Fsp3) is 0.469. The van der Waals surface area contributed by atoms with E-state index in [0.29, 0.717) is 103 Å². The first-order chi connectivity index (χ1) is 35.7. The number of aliphatic hydroxyl groups excluding tert-OH is 2. The third kappa shape index (κ3) is 11.3. The summed E-state index contributed by atoms with van der Waals surface area (Å²) in [4.78, 5) is 45.8. The molecule has 8 heterocycles. The zero-order valence-corrected chi connectivity index (χ0v) is 45.0. The van der Waals surface area contributed by atoms with Crippen LogP contribution in [0.15, 0.2) is 60.9 Å². The minimum atomic E-state index is -3.67. The number of aliphatic hydroxyl groups is 2. The molecule has 0 radical (unpaired) electrons. The Labute approximate surface area is 444 Å². The molecule has 4 aliphatic heterocycles. The molecule has 6 N–H and O–H groups in total. The van der Waals surface area contributed by atoms with Gasteiger partial charge < -0.3 is 29.8 Å². The Balaban J connectivity index is 0.773. The van der Waals surface area contributed by atoms with Crippen molar-refractivity contribution in [2.24, 2.45) is 0 Å². The van der Waals surface area contributed by atoms with Gasteiger partial charge in [-0.05, 0) is 88.8 Å². The Kier molecular flexibility index (Phi) is 14.7. The van der Waals surface area contributed by atoms with Crippen molar-refractivity contribution in [2.75, 3.05) is 77.7 Å². The second kappa shape index (κ2) is 20.9. The lowest BCUT2D eigenvalue weighted by atomic mass is 9.98. The number of β-amino-alcohol motifs (C(OH)–C–C–N with tert-alkyl or cyclic N) is 2. The topological polar surface area (TPSA) is 264 Å². The largest absolute Gasteiger partial charge is 0.390 e. The van der Waals surface area contributed by atoms with Crippen LogP contribution < -0.4 is 29.9 Å². The average Bonchev–Trinajstić information content (AvgIpc) is 4.15. The third-order valence-electron chi connectivity index (χ3n) is 14.4. The van der Waals surface area contributed by atoms with Crippen molar-refractivity contribution < 1.29 is 36.6 Å². The molecule has 2 amide bonds. The highest BCUT2D eigenvalue weighted by molar-refractivity contribution is 7.92. The minimum absolute atomic E-state index is 0.151. The number of aromatic nitrogens is 6. The van der Waals surface area contributed by atoms with E-state index in [-0.39, 0.29) is 58.5 Å². The number of likely N-dealkylation sites (tertiary alicyclic amines) is 2. The second-order valence-corrected chi connectivity index (χ2v) is 24.5. The number of anilines is 4. The van der Waals surface area contributed by atoms with Crippen LogP contribution in [0, 0.1) is 13.8 Å². The number of hydrogen-bond donors (Lipinski definition) is 6. The molecule has 0 bridgehead atoms. The summed E-state index contributed by atoms with van der Waals surface area (Å²) < 4.78 is 56.9. The SMILES string of the molecule is Cc1cn2nc(C3CCCCN3C(=O)c3cc(Cl)ccc3NS(C)(=O)=O)cc2nc1N1CC(O)C(NCNC2CN(c3nc4cc(C5CCCCN5C(=O)c5cc(Cl)ccc5NS(C)(=O)=O)nn4cc3C)CC2O)C1. The van der Waals surface area contributed by atoms with Crippen molar-refractivity contribution in [1.29, 1.82) is 0 Å². The number of piperidine rings is 2. The first-order valence-corrected chi connectivity index (χ1v) is 29.4. The number of nitrogens with one attached hydrogen (secondary N) is 4. The Morgan fingerprint density at radius 2 is 1.04 bits per heavy atom. The van der Waals surface area contributed by atoms with E-state index in [2.05, 4.69) is 20.1 Å². The Bertz CT molecular complexity index is 3200. The van der Waals surface area contributed by atoms with Crippen LogP contribution in [0.4, 0.5) is 23.0 Å². The van der Waals surface area contributed by atoms with Gasteiger partial charge in [-0.2, -0.15) is 10.2 Å². The van der Waals surface area contributed by atoms with E-state index in [1.54, 1.807) is 18.8 Å². The number of sulfonamides is 2. The standard InChI is InChI=1S/C49H60Cl2N14O8S2/c1-28-21-64-44(19-36(56-64)40-9-5-7-15-62(40)48(68)32-17-30(50)11-13-34(32)58-74(3,70)71)54-46(28)60-23-38(42(66)25-60)52-27-53-39-24-61(26-43(39)67)47-29(2)22-65-45(55-47)20-37(57-65)41-10-6-8-16-63(41)49(69)33-18-31(51)12-14-35(33)59-75(4,72)73/h11-14,17-22,38-43,52-53,58-59,66-67H,5-10,15-16,23-27H2,1-4H3. The maximum atomic E-state index is 14.1. The number of carbonyl (C=O) groups excluding carboxylic acids is 2. The molecular weight excluding hydrogens is 1050 g/mol. The quantitative estimate of drug-likeness (QED) is 0.0839. The van der Waals surface area contributed by atoms with Gasteiger partial charge in [-0.3, -0.25) is 29.7 Å². The van der Waals surface area contributed by atoms with Crippen LogP contribution in [-0.2, 0) is 20.0 Å². The van der Waals surface area contributed by atoms with E-state index in [0.717, 1.165) is 49.3 Å². The zero-order valence-electron chi connectivity index (χ0n) is 41.8. The molecule has 0 spiro atoms. The average molecular weight is 1110 g/mol. The van der Waals surface area contributed by atoms with Gasteiger partial charge in [-0.15, -0.1) is 0 Å². The molecule has 22 nitrogen and oxygen atoms in total. The number of halogens is 2. The van der Waals surface area contributed by atoms with Crippen molar-refractivity contribution in [1.82, 2.24) is 49.6 Å². The van der Waals surface area contributed by atoms with Gasteiger partial charge >= 0.3 is 0 Å². The monoisotopic (exact) mass is 1110 g/mol. The highest BCUT2D eigenvalue weighted by atomic mass is 35.5. The van der Waals surface area contributed by atoms with Crippen molar-refractivity contribution >= 4 is 89.4 Å². The molecule has 6 atom stereocenters. The number of aryl methyl sites for hydroxylation is 2. The van der Waals surface area contributed by atoms with Crippen LogP contribution >= 0.6 is 23.2 Å². The number of nitrogens with zero attached hydrogens (tertiary/aromatic N) is 10. The Hall–Kier alpha value is -5.86. The van der Waals surface area contributed by atoms with E-state index in [9.17, 15) is 36.6 Å². The van der Waals surface area contributed by atoms with Crippen LogP contribution in [-0.4, -0.2) is 161 Å². The van der Waals surface area contributed by atoms with Crippen molar-refractivity contribution in [3.05, 3.63) is 105 Å². The van der Waals surface area contributed by atoms with Crippen molar-refractivity contribution in [2.45, 2.75) is 88.7 Å². The number of amides is 2. The fourth-order valence-electron chi connectivity index (χ4n) is 10.9. The van der Waals surface area contributed by atoms with Gasteiger partial charge in [0, 0.05) is 91.6 Å². The highest BCUT2D eigenvalue weighted by Gasteiger charge is 2.38. The maximum absolute atomic E-state index is 14.1. The van der Waals surface area contributed by atoms with E-state index in [1.807, 2.05) is 48.2 Å². The van der Waals surface area contributed by atoms with Gasteiger partial charge in [0.15, 0.2) is 11.3 Å². The predicted molar refractivity (Wildman–Crippen MR) is 286 cm³/mol. The smallest absolute Gasteiger partial charge is 0.256 e.